The van der Waals surface area contributed by atoms with Crippen molar-refractivity contribution in [1.82, 2.24) is 9.97 Å². The van der Waals surface area contributed by atoms with Crippen molar-refractivity contribution in [3.63, 3.8) is 0 Å². The first-order valence-corrected chi connectivity index (χ1v) is 9.29. The maximum atomic E-state index is 12.0. The smallest absolute Gasteiger partial charge is 0.341 e. The van der Waals surface area contributed by atoms with Gasteiger partial charge in [0.2, 0.25) is 0 Å². The fraction of sp³-hybridized carbons (Fsp3) is 0.444. The zero-order valence-electron chi connectivity index (χ0n) is 15.5. The number of methoxy groups -OCH3 is 1. The lowest BCUT2D eigenvalue weighted by atomic mass is 10.1. The molecule has 2 rings (SSSR count). The summed E-state index contributed by atoms with van der Waals surface area (Å²) in [6.45, 7) is 5.45. The Balaban J connectivity index is 1.91. The standard InChI is InChI=1S/C18H22N2O5S/c1-10-14(11(2)20-18(19-10)26-5)6-7-16(21)24-9-13-8-15(12(3)25-13)17(22)23-4/h8H,6-7,9H2,1-5H3. The van der Waals surface area contributed by atoms with Crippen LogP contribution in [0.15, 0.2) is 15.6 Å². The van der Waals surface area contributed by atoms with Gasteiger partial charge in [0.25, 0.3) is 0 Å². The zero-order chi connectivity index (χ0) is 19.3. The Kier molecular flexibility index (Phi) is 6.79. The Labute approximate surface area is 156 Å². The lowest BCUT2D eigenvalue weighted by Crippen LogP contribution is -2.09. The Morgan fingerprint density at radius 2 is 1.85 bits per heavy atom. The second kappa shape index (κ2) is 8.84. The van der Waals surface area contributed by atoms with Crippen LogP contribution in [0.1, 0.15) is 45.3 Å². The van der Waals surface area contributed by atoms with Crippen LogP contribution in [-0.4, -0.2) is 35.3 Å². The monoisotopic (exact) mass is 378 g/mol. The van der Waals surface area contributed by atoms with Gasteiger partial charge in [-0.1, -0.05) is 11.8 Å². The molecule has 0 amide bonds. The van der Waals surface area contributed by atoms with Crippen molar-refractivity contribution in [2.24, 2.45) is 0 Å². The Morgan fingerprint density at radius 3 is 2.42 bits per heavy atom. The fourth-order valence-electron chi connectivity index (χ4n) is 2.54. The third-order valence-corrected chi connectivity index (χ3v) is 4.46. The number of aromatic nitrogens is 2. The summed E-state index contributed by atoms with van der Waals surface area (Å²) >= 11 is 1.49. The van der Waals surface area contributed by atoms with Crippen molar-refractivity contribution in [3.05, 3.63) is 40.1 Å². The summed E-state index contributed by atoms with van der Waals surface area (Å²) in [4.78, 5) is 32.4. The third-order valence-electron chi connectivity index (χ3n) is 3.91. The van der Waals surface area contributed by atoms with E-state index < -0.39 is 5.97 Å². The molecule has 0 aromatic carbocycles. The molecule has 0 saturated carbocycles. The van der Waals surface area contributed by atoms with Crippen molar-refractivity contribution in [2.75, 3.05) is 13.4 Å². The minimum atomic E-state index is -0.483. The van der Waals surface area contributed by atoms with Crippen molar-refractivity contribution in [1.29, 1.82) is 0 Å². The van der Waals surface area contributed by atoms with Crippen molar-refractivity contribution < 1.29 is 23.5 Å². The fourth-order valence-corrected chi connectivity index (χ4v) is 3.00. The molecule has 0 unspecified atom stereocenters. The molecular formula is C18H22N2O5S. The number of hydrogen-bond acceptors (Lipinski definition) is 8. The molecule has 7 nitrogen and oxygen atoms in total. The van der Waals surface area contributed by atoms with Crippen LogP contribution < -0.4 is 0 Å². The summed E-state index contributed by atoms with van der Waals surface area (Å²) in [7, 11) is 1.30. The normalized spacial score (nSPS) is 10.7. The van der Waals surface area contributed by atoms with E-state index >= 15 is 0 Å². The van der Waals surface area contributed by atoms with Crippen LogP contribution in [0.25, 0.3) is 0 Å². The van der Waals surface area contributed by atoms with Crippen LogP contribution in [0, 0.1) is 20.8 Å². The molecule has 0 radical (unpaired) electrons. The number of furan rings is 1. The highest BCUT2D eigenvalue weighted by molar-refractivity contribution is 7.98. The summed E-state index contributed by atoms with van der Waals surface area (Å²) in [6.07, 6.45) is 2.65. The van der Waals surface area contributed by atoms with E-state index in [1.54, 1.807) is 6.92 Å². The van der Waals surface area contributed by atoms with E-state index in [2.05, 4.69) is 14.7 Å². The highest BCUT2D eigenvalue weighted by Gasteiger charge is 2.17. The number of esters is 2. The highest BCUT2D eigenvalue weighted by atomic mass is 32.2. The van der Waals surface area contributed by atoms with Gasteiger partial charge in [-0.2, -0.15) is 0 Å². The van der Waals surface area contributed by atoms with Gasteiger partial charge < -0.3 is 13.9 Å². The van der Waals surface area contributed by atoms with Gasteiger partial charge in [-0.15, -0.1) is 0 Å². The van der Waals surface area contributed by atoms with Gasteiger partial charge in [0.05, 0.1) is 7.11 Å². The minimum absolute atomic E-state index is 0.0312. The Bertz CT molecular complexity index is 793. The summed E-state index contributed by atoms with van der Waals surface area (Å²) in [5.41, 5.74) is 3.04. The number of carbonyl (C=O) groups is 2. The van der Waals surface area contributed by atoms with Gasteiger partial charge in [0, 0.05) is 17.8 Å². The molecule has 0 aliphatic rings. The molecule has 0 saturated heterocycles. The van der Waals surface area contributed by atoms with Crippen LogP contribution in [0.5, 0.6) is 0 Å². The number of aryl methyl sites for hydroxylation is 3. The van der Waals surface area contributed by atoms with Crippen molar-refractivity contribution in [2.45, 2.75) is 45.4 Å². The van der Waals surface area contributed by atoms with Gasteiger partial charge in [0.15, 0.2) is 5.16 Å². The lowest BCUT2D eigenvalue weighted by molar-refractivity contribution is -0.145. The number of rotatable bonds is 7. The van der Waals surface area contributed by atoms with Crippen molar-refractivity contribution in [3.8, 4) is 0 Å². The van der Waals surface area contributed by atoms with Gasteiger partial charge in [-0.25, -0.2) is 14.8 Å². The molecule has 2 aromatic heterocycles. The number of carbonyl (C=O) groups excluding carboxylic acids is 2. The topological polar surface area (TPSA) is 91.5 Å². The lowest BCUT2D eigenvalue weighted by Gasteiger charge is -2.09. The predicted molar refractivity (Wildman–Crippen MR) is 96.2 cm³/mol. The van der Waals surface area contributed by atoms with Crippen LogP contribution >= 0.6 is 11.8 Å². The van der Waals surface area contributed by atoms with E-state index in [1.165, 1.54) is 24.9 Å². The molecule has 2 aromatic rings. The highest BCUT2D eigenvalue weighted by Crippen LogP contribution is 2.19. The van der Waals surface area contributed by atoms with E-state index in [9.17, 15) is 9.59 Å². The van der Waals surface area contributed by atoms with Gasteiger partial charge in [-0.05, 0) is 45.1 Å². The summed E-state index contributed by atoms with van der Waals surface area (Å²) < 4.78 is 15.3. The molecule has 0 atom stereocenters. The second-order valence-electron chi connectivity index (χ2n) is 5.69. The molecule has 0 aliphatic heterocycles. The van der Waals surface area contributed by atoms with E-state index in [4.69, 9.17) is 9.15 Å². The van der Waals surface area contributed by atoms with Crippen molar-refractivity contribution >= 4 is 23.7 Å². The Morgan fingerprint density at radius 1 is 1.19 bits per heavy atom. The molecule has 0 fully saturated rings. The van der Waals surface area contributed by atoms with Crippen LogP contribution in [0.3, 0.4) is 0 Å². The van der Waals surface area contributed by atoms with Crippen LogP contribution in [-0.2, 0) is 27.3 Å². The third kappa shape index (κ3) is 4.85. The maximum absolute atomic E-state index is 12.0. The molecule has 0 spiro atoms. The Hall–Kier alpha value is -2.35. The molecule has 2 heterocycles. The molecule has 0 N–H and O–H groups in total. The van der Waals surface area contributed by atoms with Gasteiger partial charge >= 0.3 is 11.9 Å². The summed E-state index contributed by atoms with van der Waals surface area (Å²) in [5, 5.41) is 0.723. The largest absolute Gasteiger partial charge is 0.465 e. The van der Waals surface area contributed by atoms with Gasteiger partial charge in [0.1, 0.15) is 23.7 Å². The molecule has 0 bridgehead atoms. The summed E-state index contributed by atoms with van der Waals surface area (Å²) in [5.74, 6) is -0.00803. The van der Waals surface area contributed by atoms with E-state index in [1.807, 2.05) is 20.1 Å². The van der Waals surface area contributed by atoms with E-state index in [0.29, 0.717) is 23.5 Å². The average molecular weight is 378 g/mol. The summed E-state index contributed by atoms with van der Waals surface area (Å²) in [6, 6.07) is 1.53. The molecule has 140 valence electrons. The molecule has 8 heteroatoms. The first kappa shape index (κ1) is 20.0. The molecular weight excluding hydrogens is 356 g/mol. The number of nitrogens with zero attached hydrogens (tertiary/aromatic N) is 2. The zero-order valence-corrected chi connectivity index (χ0v) is 16.4. The van der Waals surface area contributed by atoms with E-state index in [-0.39, 0.29) is 19.0 Å². The average Bonchev–Trinajstić information content (AvgIpc) is 2.99. The minimum Gasteiger partial charge on any atom is -0.465 e. The molecule has 0 aliphatic carbocycles. The second-order valence-corrected chi connectivity index (χ2v) is 6.47. The van der Waals surface area contributed by atoms with Crippen LogP contribution in [0.2, 0.25) is 0 Å². The first-order chi connectivity index (χ1) is 12.3. The van der Waals surface area contributed by atoms with Crippen LogP contribution in [0.4, 0.5) is 0 Å². The SMILES string of the molecule is COC(=O)c1cc(COC(=O)CCc2c(C)nc(SC)nc2C)oc1C. The number of hydrogen-bond donors (Lipinski definition) is 0. The number of ether oxygens (including phenoxy) is 2. The number of thioether (sulfide) groups is 1. The quantitative estimate of drug-likeness (QED) is 0.412. The maximum Gasteiger partial charge on any atom is 0.341 e. The van der Waals surface area contributed by atoms with Gasteiger partial charge in [-0.3, -0.25) is 4.79 Å². The molecule has 26 heavy (non-hydrogen) atoms. The first-order valence-electron chi connectivity index (χ1n) is 8.07. The van der Waals surface area contributed by atoms with E-state index in [0.717, 1.165) is 22.1 Å². The predicted octanol–water partition coefficient (Wildman–Crippen LogP) is 3.18.